The normalized spacial score (nSPS) is 16.0. The van der Waals surface area contributed by atoms with Crippen LogP contribution in [0.25, 0.3) is 0 Å². The number of hydrogen-bond donors (Lipinski definition) is 0. The molecule has 0 bridgehead atoms. The van der Waals surface area contributed by atoms with E-state index in [1.165, 1.54) is 25.7 Å². The number of likely N-dealkylation sites (tertiary alicyclic amines) is 1. The van der Waals surface area contributed by atoms with Crippen LogP contribution in [0, 0.1) is 5.92 Å². The molecular weight excluding hydrogens is 739 g/mol. The highest BCUT2D eigenvalue weighted by Gasteiger charge is 2.36. The lowest BCUT2D eigenvalue weighted by molar-refractivity contribution is -0.164. The lowest BCUT2D eigenvalue weighted by atomic mass is 9.93. The highest BCUT2D eigenvalue weighted by atomic mass is 16.6. The van der Waals surface area contributed by atoms with Crippen LogP contribution < -0.4 is 0 Å². The van der Waals surface area contributed by atoms with E-state index in [9.17, 15) is 14.4 Å². The minimum atomic E-state index is -0.190. The third-order valence-electron chi connectivity index (χ3n) is 12.4. The molecular formula is C51H97NO7. The molecule has 1 rings (SSSR count). The number of likely N-dealkylation sites (N-methyl/N-ethyl adjacent to an activating group) is 1. The first-order valence-corrected chi connectivity index (χ1v) is 25.7. The molecule has 8 nitrogen and oxygen atoms in total. The molecule has 1 aliphatic heterocycles. The minimum absolute atomic E-state index is 0.0233. The Morgan fingerprint density at radius 3 is 1.31 bits per heavy atom. The van der Waals surface area contributed by atoms with Crippen LogP contribution in [-0.2, 0) is 33.3 Å². The standard InChI is InChI=1S/C51H97NO7/c1-7-12-17-26-31-42-56-48-43-52(6)41-40-47(48)51(55)59-46(36-27-22-18-20-24-29-38-49(53)57-44(32-13-8-2)33-14-9-3)37-28-23-19-21-25-30-39-50(54)58-45(34-15-10-4)35-16-11-5/h44-48H,7-43H2,1-6H3. The molecule has 0 aromatic heterocycles. The molecule has 1 heterocycles. The number of piperidine rings is 1. The Balaban J connectivity index is 2.55. The van der Waals surface area contributed by atoms with Crippen molar-refractivity contribution in [1.82, 2.24) is 4.90 Å². The van der Waals surface area contributed by atoms with Crippen LogP contribution in [0.3, 0.4) is 0 Å². The number of carbonyl (C=O) groups is 3. The van der Waals surface area contributed by atoms with Gasteiger partial charge in [-0.15, -0.1) is 0 Å². The second kappa shape index (κ2) is 39.2. The Morgan fingerprint density at radius 1 is 0.475 bits per heavy atom. The van der Waals surface area contributed by atoms with E-state index in [2.05, 4.69) is 46.6 Å². The van der Waals surface area contributed by atoms with Crippen molar-refractivity contribution < 1.29 is 33.3 Å². The summed E-state index contributed by atoms with van der Waals surface area (Å²) in [6.07, 6.45) is 35.4. The van der Waals surface area contributed by atoms with E-state index in [1.807, 2.05) is 0 Å². The SMILES string of the molecule is CCCCCCCOC1CN(C)CCC1C(=O)OC(CCCCCCCCC(=O)OC(CCCC)CCCC)CCCCCCCCC(=O)OC(CCCC)CCCC. The third kappa shape index (κ3) is 30.9. The van der Waals surface area contributed by atoms with E-state index in [1.54, 1.807) is 0 Å². The number of ether oxygens (including phenoxy) is 4. The Morgan fingerprint density at radius 2 is 0.847 bits per heavy atom. The van der Waals surface area contributed by atoms with Crippen molar-refractivity contribution in [2.45, 2.75) is 277 Å². The Bertz CT molecular complexity index is 925. The van der Waals surface area contributed by atoms with Crippen LogP contribution >= 0.6 is 0 Å². The zero-order chi connectivity index (χ0) is 43.2. The summed E-state index contributed by atoms with van der Waals surface area (Å²) < 4.78 is 24.4. The van der Waals surface area contributed by atoms with Gasteiger partial charge >= 0.3 is 17.9 Å². The van der Waals surface area contributed by atoms with Crippen LogP contribution in [0.15, 0.2) is 0 Å². The number of carbonyl (C=O) groups excluding carboxylic acids is 3. The maximum atomic E-state index is 13.8. The van der Waals surface area contributed by atoms with Crippen molar-refractivity contribution in [3.8, 4) is 0 Å². The number of nitrogens with zero attached hydrogens (tertiary/aromatic N) is 1. The van der Waals surface area contributed by atoms with Crippen LogP contribution in [-0.4, -0.2) is 74.0 Å². The van der Waals surface area contributed by atoms with Gasteiger partial charge in [0.05, 0.1) is 12.0 Å². The average molecular weight is 836 g/mol. The summed E-state index contributed by atoms with van der Waals surface area (Å²) in [6.45, 7) is 13.4. The van der Waals surface area contributed by atoms with E-state index >= 15 is 0 Å². The van der Waals surface area contributed by atoms with E-state index < -0.39 is 0 Å². The zero-order valence-electron chi connectivity index (χ0n) is 39.9. The fourth-order valence-electron chi connectivity index (χ4n) is 8.40. The summed E-state index contributed by atoms with van der Waals surface area (Å²) in [6, 6.07) is 0. The predicted molar refractivity (Wildman–Crippen MR) is 246 cm³/mol. The molecule has 1 fully saturated rings. The lowest BCUT2D eigenvalue weighted by Crippen LogP contribution is -2.47. The first-order valence-electron chi connectivity index (χ1n) is 25.7. The summed E-state index contributed by atoms with van der Waals surface area (Å²) in [5, 5.41) is 0. The molecule has 2 atom stereocenters. The summed E-state index contributed by atoms with van der Waals surface area (Å²) in [7, 11) is 2.12. The number of unbranched alkanes of at least 4 members (excludes halogenated alkanes) is 18. The molecule has 0 radical (unpaired) electrons. The fourth-order valence-corrected chi connectivity index (χ4v) is 8.40. The van der Waals surface area contributed by atoms with Gasteiger partial charge in [-0.1, -0.05) is 163 Å². The topological polar surface area (TPSA) is 91.4 Å². The number of hydrogen-bond acceptors (Lipinski definition) is 8. The van der Waals surface area contributed by atoms with Gasteiger partial charge in [0, 0.05) is 26.0 Å². The number of esters is 3. The van der Waals surface area contributed by atoms with Crippen molar-refractivity contribution in [3.05, 3.63) is 0 Å². The molecule has 0 aromatic rings. The lowest BCUT2D eigenvalue weighted by Gasteiger charge is -2.36. The zero-order valence-corrected chi connectivity index (χ0v) is 39.9. The molecule has 8 heteroatoms. The summed E-state index contributed by atoms with van der Waals surface area (Å²) >= 11 is 0. The van der Waals surface area contributed by atoms with Gasteiger partial charge in [0.2, 0.25) is 0 Å². The minimum Gasteiger partial charge on any atom is -0.462 e. The highest BCUT2D eigenvalue weighted by Crippen LogP contribution is 2.25. The van der Waals surface area contributed by atoms with E-state index in [0.29, 0.717) is 19.4 Å². The average Bonchev–Trinajstić information content (AvgIpc) is 3.22. The first kappa shape index (κ1) is 55.3. The summed E-state index contributed by atoms with van der Waals surface area (Å²) in [5.74, 6) is -0.296. The van der Waals surface area contributed by atoms with E-state index in [0.717, 1.165) is 193 Å². The second-order valence-corrected chi connectivity index (χ2v) is 18.2. The molecule has 1 saturated heterocycles. The van der Waals surface area contributed by atoms with Gasteiger partial charge < -0.3 is 23.8 Å². The molecule has 0 aromatic carbocycles. The molecule has 348 valence electrons. The Hall–Kier alpha value is -1.67. The molecule has 0 aliphatic carbocycles. The van der Waals surface area contributed by atoms with Crippen LogP contribution in [0.4, 0.5) is 0 Å². The molecule has 0 amide bonds. The van der Waals surface area contributed by atoms with Crippen molar-refractivity contribution in [2.24, 2.45) is 5.92 Å². The predicted octanol–water partition coefficient (Wildman–Crippen LogP) is 14.0. The van der Waals surface area contributed by atoms with Gasteiger partial charge in [-0.25, -0.2) is 0 Å². The maximum Gasteiger partial charge on any atom is 0.311 e. The third-order valence-corrected chi connectivity index (χ3v) is 12.4. The van der Waals surface area contributed by atoms with Crippen LogP contribution in [0.5, 0.6) is 0 Å². The van der Waals surface area contributed by atoms with Gasteiger partial charge in [0.15, 0.2) is 0 Å². The van der Waals surface area contributed by atoms with E-state index in [-0.39, 0.29) is 48.2 Å². The molecule has 59 heavy (non-hydrogen) atoms. The summed E-state index contributed by atoms with van der Waals surface area (Å²) in [4.78, 5) is 41.1. The largest absolute Gasteiger partial charge is 0.462 e. The van der Waals surface area contributed by atoms with Gasteiger partial charge in [-0.3, -0.25) is 14.4 Å². The Labute approximate surface area is 365 Å². The summed E-state index contributed by atoms with van der Waals surface area (Å²) in [5.41, 5.74) is 0. The molecule has 0 spiro atoms. The quantitative estimate of drug-likeness (QED) is 0.0342. The molecule has 0 saturated carbocycles. The van der Waals surface area contributed by atoms with Gasteiger partial charge in [0.1, 0.15) is 18.3 Å². The first-order chi connectivity index (χ1) is 28.8. The van der Waals surface area contributed by atoms with Crippen molar-refractivity contribution >= 4 is 17.9 Å². The van der Waals surface area contributed by atoms with Gasteiger partial charge in [-0.05, 0) is 90.6 Å². The maximum absolute atomic E-state index is 13.8. The monoisotopic (exact) mass is 836 g/mol. The van der Waals surface area contributed by atoms with Gasteiger partial charge in [0.25, 0.3) is 0 Å². The second-order valence-electron chi connectivity index (χ2n) is 18.2. The smallest absolute Gasteiger partial charge is 0.311 e. The molecule has 2 unspecified atom stereocenters. The van der Waals surface area contributed by atoms with Crippen LogP contribution in [0.1, 0.15) is 253 Å². The molecule has 0 N–H and O–H groups in total. The van der Waals surface area contributed by atoms with Gasteiger partial charge in [-0.2, -0.15) is 0 Å². The van der Waals surface area contributed by atoms with Crippen molar-refractivity contribution in [2.75, 3.05) is 26.7 Å². The van der Waals surface area contributed by atoms with Crippen LogP contribution in [0.2, 0.25) is 0 Å². The highest BCUT2D eigenvalue weighted by molar-refractivity contribution is 5.73. The van der Waals surface area contributed by atoms with E-state index in [4.69, 9.17) is 18.9 Å². The van der Waals surface area contributed by atoms with Crippen molar-refractivity contribution in [3.63, 3.8) is 0 Å². The number of rotatable bonds is 41. The molecule has 1 aliphatic rings. The Kier molecular flexibility index (Phi) is 36.8. The van der Waals surface area contributed by atoms with Crippen molar-refractivity contribution in [1.29, 1.82) is 0 Å². The fraction of sp³-hybridized carbons (Fsp3) is 0.941.